The standard InChI is InChI=1S/C19H14F3N7O2/c1-29-17(24-27-28-29)16(12-5-3-2-4-6-12)26-30-11-15-23-25-18(31-15)13-7-9-14(10-8-13)19(20,21)22/h2-10H,11H2,1H3/b26-16-. The van der Waals surface area contributed by atoms with E-state index in [1.165, 1.54) is 16.8 Å². The van der Waals surface area contributed by atoms with E-state index in [0.717, 1.165) is 17.7 Å². The molecule has 0 saturated carbocycles. The molecule has 0 N–H and O–H groups in total. The first-order valence-electron chi connectivity index (χ1n) is 8.90. The molecule has 0 aliphatic rings. The van der Waals surface area contributed by atoms with Gasteiger partial charge in [-0.1, -0.05) is 35.5 Å². The van der Waals surface area contributed by atoms with Crippen LogP contribution in [0.2, 0.25) is 0 Å². The zero-order chi connectivity index (χ0) is 21.8. The number of tetrazole rings is 1. The Hall–Kier alpha value is -4.09. The van der Waals surface area contributed by atoms with Crippen molar-refractivity contribution in [1.29, 1.82) is 0 Å². The fourth-order valence-corrected chi connectivity index (χ4v) is 2.63. The molecule has 4 aromatic rings. The van der Waals surface area contributed by atoms with Gasteiger partial charge in [0.15, 0.2) is 12.3 Å². The number of hydrogen-bond donors (Lipinski definition) is 0. The molecule has 158 valence electrons. The summed E-state index contributed by atoms with van der Waals surface area (Å²) in [5.74, 6) is 0.557. The normalized spacial score (nSPS) is 12.2. The fourth-order valence-electron chi connectivity index (χ4n) is 2.63. The van der Waals surface area contributed by atoms with Crippen molar-refractivity contribution < 1.29 is 22.4 Å². The Labute approximate surface area is 173 Å². The second-order valence-corrected chi connectivity index (χ2v) is 6.28. The van der Waals surface area contributed by atoms with Gasteiger partial charge in [-0.2, -0.15) is 13.2 Å². The minimum atomic E-state index is -4.42. The summed E-state index contributed by atoms with van der Waals surface area (Å²) in [7, 11) is 1.67. The lowest BCUT2D eigenvalue weighted by molar-refractivity contribution is -0.137. The predicted octanol–water partition coefficient (Wildman–Crippen LogP) is 3.25. The maximum absolute atomic E-state index is 12.7. The first kappa shape index (κ1) is 20.2. The topological polar surface area (TPSA) is 104 Å². The van der Waals surface area contributed by atoms with E-state index in [4.69, 9.17) is 9.25 Å². The van der Waals surface area contributed by atoms with Crippen molar-refractivity contribution in [3.63, 3.8) is 0 Å². The molecule has 0 aliphatic heterocycles. The third-order valence-electron chi connectivity index (χ3n) is 4.15. The molecular formula is C19H14F3N7O2. The van der Waals surface area contributed by atoms with E-state index >= 15 is 0 Å². The van der Waals surface area contributed by atoms with Crippen LogP contribution in [-0.2, 0) is 24.7 Å². The van der Waals surface area contributed by atoms with E-state index in [1.54, 1.807) is 7.05 Å². The second-order valence-electron chi connectivity index (χ2n) is 6.28. The summed E-state index contributed by atoms with van der Waals surface area (Å²) >= 11 is 0. The third-order valence-corrected chi connectivity index (χ3v) is 4.15. The van der Waals surface area contributed by atoms with Crippen LogP contribution in [0.1, 0.15) is 22.8 Å². The van der Waals surface area contributed by atoms with Crippen molar-refractivity contribution in [3.05, 3.63) is 77.4 Å². The van der Waals surface area contributed by atoms with Crippen molar-refractivity contribution in [2.45, 2.75) is 12.8 Å². The van der Waals surface area contributed by atoms with Gasteiger partial charge >= 0.3 is 6.18 Å². The molecule has 0 amide bonds. The molecule has 4 rings (SSSR count). The van der Waals surface area contributed by atoms with Gasteiger partial charge in [-0.3, -0.25) is 0 Å². The van der Waals surface area contributed by atoms with Gasteiger partial charge in [-0.15, -0.1) is 15.3 Å². The van der Waals surface area contributed by atoms with Gasteiger partial charge in [0.1, 0.15) is 0 Å². The average molecular weight is 429 g/mol. The van der Waals surface area contributed by atoms with E-state index in [0.29, 0.717) is 17.1 Å². The molecule has 0 aliphatic carbocycles. The number of aryl methyl sites for hydroxylation is 1. The van der Waals surface area contributed by atoms with Gasteiger partial charge in [-0.05, 0) is 34.7 Å². The van der Waals surface area contributed by atoms with Crippen LogP contribution in [0.4, 0.5) is 13.2 Å². The van der Waals surface area contributed by atoms with Crippen LogP contribution in [0.5, 0.6) is 0 Å². The van der Waals surface area contributed by atoms with Crippen molar-refractivity contribution in [2.75, 3.05) is 0 Å². The summed E-state index contributed by atoms with van der Waals surface area (Å²) < 4.78 is 45.0. The minimum Gasteiger partial charge on any atom is -0.417 e. The van der Waals surface area contributed by atoms with Gasteiger partial charge in [0.25, 0.3) is 5.89 Å². The third kappa shape index (κ3) is 4.57. The smallest absolute Gasteiger partial charge is 0.416 e. The van der Waals surface area contributed by atoms with E-state index < -0.39 is 11.7 Å². The number of benzene rings is 2. The largest absolute Gasteiger partial charge is 0.417 e. The first-order valence-corrected chi connectivity index (χ1v) is 8.90. The number of halogens is 3. The molecule has 31 heavy (non-hydrogen) atoms. The summed E-state index contributed by atoms with van der Waals surface area (Å²) in [4.78, 5) is 5.36. The molecule has 12 heteroatoms. The van der Waals surface area contributed by atoms with E-state index in [-0.39, 0.29) is 18.4 Å². The summed E-state index contributed by atoms with van der Waals surface area (Å²) in [6.45, 7) is -0.157. The first-order chi connectivity index (χ1) is 14.9. The SMILES string of the molecule is Cn1nnnc1/C(=N\OCc1nnc(-c2ccc(C(F)(F)F)cc2)o1)c1ccccc1. The maximum Gasteiger partial charge on any atom is 0.416 e. The quantitative estimate of drug-likeness (QED) is 0.342. The summed E-state index contributed by atoms with van der Waals surface area (Å²) in [5, 5.41) is 23.1. The highest BCUT2D eigenvalue weighted by molar-refractivity contribution is 6.10. The van der Waals surface area contributed by atoms with Crippen molar-refractivity contribution >= 4 is 5.71 Å². The lowest BCUT2D eigenvalue weighted by atomic mass is 10.1. The second kappa shape index (κ2) is 8.34. The van der Waals surface area contributed by atoms with Crippen molar-refractivity contribution in [1.82, 2.24) is 30.4 Å². The number of alkyl halides is 3. The predicted molar refractivity (Wildman–Crippen MR) is 100 cm³/mol. The molecule has 0 bridgehead atoms. The van der Waals surface area contributed by atoms with E-state index in [1.807, 2.05) is 30.3 Å². The number of oxime groups is 1. The molecule has 0 radical (unpaired) electrons. The molecule has 2 aromatic heterocycles. The number of nitrogens with zero attached hydrogens (tertiary/aromatic N) is 7. The Balaban J connectivity index is 1.49. The number of rotatable bonds is 6. The molecule has 9 nitrogen and oxygen atoms in total. The van der Waals surface area contributed by atoms with Gasteiger partial charge in [0.05, 0.1) is 5.56 Å². The van der Waals surface area contributed by atoms with E-state index in [2.05, 4.69) is 30.9 Å². The molecular weight excluding hydrogens is 415 g/mol. The molecule has 0 saturated heterocycles. The molecule has 0 fully saturated rings. The van der Waals surface area contributed by atoms with E-state index in [9.17, 15) is 13.2 Å². The van der Waals surface area contributed by atoms with Crippen LogP contribution in [0.25, 0.3) is 11.5 Å². The summed E-state index contributed by atoms with van der Waals surface area (Å²) in [6.07, 6.45) is -4.42. The van der Waals surface area contributed by atoms with Crippen LogP contribution >= 0.6 is 0 Å². The maximum atomic E-state index is 12.7. The van der Waals surface area contributed by atoms with Crippen molar-refractivity contribution in [3.8, 4) is 11.5 Å². The van der Waals surface area contributed by atoms with Gasteiger partial charge in [0.2, 0.25) is 11.7 Å². The van der Waals surface area contributed by atoms with Crippen LogP contribution in [0.3, 0.4) is 0 Å². The average Bonchev–Trinajstić information content (AvgIpc) is 3.41. The summed E-state index contributed by atoms with van der Waals surface area (Å²) in [6, 6.07) is 13.6. The Bertz CT molecular complexity index is 1190. The van der Waals surface area contributed by atoms with Gasteiger partial charge < -0.3 is 9.25 Å². The Kier molecular flexibility index (Phi) is 5.43. The number of hydrogen-bond acceptors (Lipinski definition) is 8. The van der Waals surface area contributed by atoms with Crippen LogP contribution in [0.15, 0.2) is 64.2 Å². The van der Waals surface area contributed by atoms with Crippen LogP contribution < -0.4 is 0 Å². The lowest BCUT2D eigenvalue weighted by Gasteiger charge is -2.06. The Morgan fingerprint density at radius 2 is 1.77 bits per heavy atom. The van der Waals surface area contributed by atoms with Crippen molar-refractivity contribution in [2.24, 2.45) is 12.2 Å². The molecule has 0 atom stereocenters. The molecule has 2 heterocycles. The lowest BCUT2D eigenvalue weighted by Crippen LogP contribution is -2.12. The highest BCUT2D eigenvalue weighted by Crippen LogP contribution is 2.30. The van der Waals surface area contributed by atoms with Gasteiger partial charge in [0, 0.05) is 18.2 Å². The Morgan fingerprint density at radius 1 is 1.03 bits per heavy atom. The molecule has 0 spiro atoms. The molecule has 2 aromatic carbocycles. The summed E-state index contributed by atoms with van der Waals surface area (Å²) in [5.41, 5.74) is 0.720. The highest BCUT2D eigenvalue weighted by atomic mass is 19.4. The zero-order valence-corrected chi connectivity index (χ0v) is 16.0. The zero-order valence-electron chi connectivity index (χ0n) is 16.0. The van der Waals surface area contributed by atoms with Crippen LogP contribution in [0, 0.1) is 0 Å². The monoisotopic (exact) mass is 429 g/mol. The fraction of sp³-hybridized carbons (Fsp3) is 0.158. The Morgan fingerprint density at radius 3 is 2.42 bits per heavy atom. The highest BCUT2D eigenvalue weighted by Gasteiger charge is 2.30. The van der Waals surface area contributed by atoms with Crippen LogP contribution in [-0.4, -0.2) is 36.1 Å². The molecule has 0 unspecified atom stereocenters. The van der Waals surface area contributed by atoms with Gasteiger partial charge in [-0.25, -0.2) is 4.68 Å². The minimum absolute atomic E-state index is 0.0667. The number of aromatic nitrogens is 6.